The second-order valence-electron chi connectivity index (χ2n) is 11.5. The van der Waals surface area contributed by atoms with Crippen LogP contribution >= 0.6 is 23.2 Å². The summed E-state index contributed by atoms with van der Waals surface area (Å²) >= 11 is 13.0. The van der Waals surface area contributed by atoms with E-state index in [1.165, 1.54) is 63.7 Å². The fraction of sp³-hybridized carbons (Fsp3) is 0.394. The summed E-state index contributed by atoms with van der Waals surface area (Å²) in [4.78, 5) is 29.2. The monoisotopic (exact) mass is 709 g/mol. The molecule has 2 amide bonds. The lowest BCUT2D eigenvalue weighted by Crippen LogP contribution is -2.55. The molecule has 0 aromatic heterocycles. The summed E-state index contributed by atoms with van der Waals surface area (Å²) in [7, 11) is 1.11. The fourth-order valence-corrected chi connectivity index (χ4v) is 6.78. The summed E-state index contributed by atoms with van der Waals surface area (Å²) in [5.41, 5.74) is -0.185. The van der Waals surface area contributed by atoms with Crippen molar-refractivity contribution in [3.05, 3.63) is 70.2 Å². The lowest BCUT2D eigenvalue weighted by Gasteiger charge is -2.35. The van der Waals surface area contributed by atoms with Crippen LogP contribution in [0.3, 0.4) is 0 Å². The summed E-state index contributed by atoms with van der Waals surface area (Å²) < 4.78 is 51.5. The van der Waals surface area contributed by atoms with Gasteiger partial charge < -0.3 is 29.2 Å². The van der Waals surface area contributed by atoms with Crippen molar-refractivity contribution in [1.82, 2.24) is 10.2 Å². The summed E-state index contributed by atoms with van der Waals surface area (Å²) in [5, 5.41) is 3.49. The molecule has 14 heteroatoms. The highest BCUT2D eigenvalue weighted by molar-refractivity contribution is 7.92. The van der Waals surface area contributed by atoms with Crippen LogP contribution in [0.1, 0.15) is 39.7 Å². The largest absolute Gasteiger partial charge is 0.497 e. The van der Waals surface area contributed by atoms with Gasteiger partial charge in [0.15, 0.2) is 11.5 Å². The molecule has 0 aliphatic heterocycles. The molecule has 3 rings (SSSR count). The standard InChI is InChI=1S/C33H41Cl2N3O8S/c1-9-26(32(40)36-33(2,3)4)37(19-23-24(34)11-10-12-25(23)35)31(39)20-38(27-17-21(43-5)13-15-28(27)44-6)47(41,42)22-14-16-29(45-7)30(18-22)46-8/h10-18,26H,9,19-20H2,1-8H3,(H,36,40)/t26-/m0/s1. The number of carbonyl (C=O) groups is 2. The maximum absolute atomic E-state index is 14.5. The molecule has 3 aromatic carbocycles. The lowest BCUT2D eigenvalue weighted by molar-refractivity contribution is -0.141. The van der Waals surface area contributed by atoms with E-state index in [1.54, 1.807) is 31.2 Å². The van der Waals surface area contributed by atoms with Gasteiger partial charge in [-0.1, -0.05) is 36.2 Å². The van der Waals surface area contributed by atoms with Crippen LogP contribution in [0, 0.1) is 0 Å². The Morgan fingerprint density at radius 3 is 1.98 bits per heavy atom. The van der Waals surface area contributed by atoms with Crippen molar-refractivity contribution in [2.75, 3.05) is 39.3 Å². The number of carbonyl (C=O) groups excluding carboxylic acids is 2. The quantitative estimate of drug-likeness (QED) is 0.218. The molecule has 256 valence electrons. The Kier molecular flexibility index (Phi) is 12.6. The minimum atomic E-state index is -4.51. The van der Waals surface area contributed by atoms with Gasteiger partial charge in [-0.25, -0.2) is 8.42 Å². The molecule has 0 aliphatic carbocycles. The molecule has 47 heavy (non-hydrogen) atoms. The van der Waals surface area contributed by atoms with E-state index in [9.17, 15) is 18.0 Å². The summed E-state index contributed by atoms with van der Waals surface area (Å²) in [6.45, 7) is 6.31. The maximum atomic E-state index is 14.5. The van der Waals surface area contributed by atoms with Gasteiger partial charge in [0.1, 0.15) is 24.1 Å². The third kappa shape index (κ3) is 8.94. The predicted molar refractivity (Wildman–Crippen MR) is 183 cm³/mol. The van der Waals surface area contributed by atoms with Crippen LogP contribution in [-0.2, 0) is 26.2 Å². The first-order valence-corrected chi connectivity index (χ1v) is 16.8. The number of amides is 2. The van der Waals surface area contributed by atoms with E-state index in [1.807, 2.05) is 20.8 Å². The van der Waals surface area contributed by atoms with E-state index in [2.05, 4.69) is 5.32 Å². The number of halogens is 2. The Morgan fingerprint density at radius 2 is 1.45 bits per heavy atom. The zero-order chi connectivity index (χ0) is 35.1. The number of hydrogen-bond donors (Lipinski definition) is 1. The normalized spacial score (nSPS) is 12.1. The number of benzene rings is 3. The van der Waals surface area contributed by atoms with Gasteiger partial charge in [0.2, 0.25) is 11.8 Å². The minimum Gasteiger partial charge on any atom is -0.497 e. The molecule has 0 unspecified atom stereocenters. The average molecular weight is 711 g/mol. The second kappa shape index (κ2) is 15.8. The maximum Gasteiger partial charge on any atom is 0.265 e. The van der Waals surface area contributed by atoms with Gasteiger partial charge >= 0.3 is 0 Å². The molecule has 0 radical (unpaired) electrons. The van der Waals surface area contributed by atoms with Crippen LogP contribution in [-0.4, -0.2) is 71.7 Å². The summed E-state index contributed by atoms with van der Waals surface area (Å²) in [6.07, 6.45) is 0.209. The molecule has 0 saturated heterocycles. The smallest absolute Gasteiger partial charge is 0.265 e. The van der Waals surface area contributed by atoms with Gasteiger partial charge in [0.05, 0.1) is 39.0 Å². The molecule has 3 aromatic rings. The topological polar surface area (TPSA) is 124 Å². The highest BCUT2D eigenvalue weighted by atomic mass is 35.5. The number of sulfonamides is 1. The summed E-state index contributed by atoms with van der Waals surface area (Å²) in [5.74, 6) is -0.184. The van der Waals surface area contributed by atoms with E-state index in [-0.39, 0.29) is 45.1 Å². The molecule has 0 spiro atoms. The molecular weight excluding hydrogens is 669 g/mol. The second-order valence-corrected chi connectivity index (χ2v) is 14.1. The zero-order valence-electron chi connectivity index (χ0n) is 27.7. The van der Waals surface area contributed by atoms with E-state index in [4.69, 9.17) is 42.1 Å². The Morgan fingerprint density at radius 1 is 0.851 bits per heavy atom. The van der Waals surface area contributed by atoms with Crippen molar-refractivity contribution in [1.29, 1.82) is 0 Å². The number of ether oxygens (including phenoxy) is 4. The SMILES string of the molecule is CC[C@@H](C(=O)NC(C)(C)C)N(Cc1c(Cl)cccc1Cl)C(=O)CN(c1cc(OC)ccc1OC)S(=O)(=O)c1ccc(OC)c(OC)c1. The Labute approximate surface area is 286 Å². The van der Waals surface area contributed by atoms with Crippen LogP contribution in [0.2, 0.25) is 10.0 Å². The van der Waals surface area contributed by atoms with Crippen LogP contribution in [0.15, 0.2) is 59.5 Å². The molecule has 0 saturated carbocycles. The van der Waals surface area contributed by atoms with Gasteiger partial charge in [-0.3, -0.25) is 13.9 Å². The van der Waals surface area contributed by atoms with Crippen molar-refractivity contribution in [2.24, 2.45) is 0 Å². The third-order valence-electron chi connectivity index (χ3n) is 7.15. The molecule has 0 heterocycles. The fourth-order valence-electron chi connectivity index (χ4n) is 4.84. The minimum absolute atomic E-state index is 0.0258. The van der Waals surface area contributed by atoms with E-state index >= 15 is 0 Å². The van der Waals surface area contributed by atoms with Gasteiger partial charge in [-0.2, -0.15) is 0 Å². The van der Waals surface area contributed by atoms with E-state index in [0.29, 0.717) is 17.1 Å². The number of methoxy groups -OCH3 is 4. The Balaban J connectivity index is 2.25. The van der Waals surface area contributed by atoms with E-state index in [0.717, 1.165) is 4.31 Å². The van der Waals surface area contributed by atoms with E-state index < -0.39 is 40.0 Å². The molecule has 0 bridgehead atoms. The third-order valence-corrected chi connectivity index (χ3v) is 9.61. The van der Waals surface area contributed by atoms with Crippen LogP contribution in [0.5, 0.6) is 23.0 Å². The number of anilines is 1. The highest BCUT2D eigenvalue weighted by Gasteiger charge is 2.36. The van der Waals surface area contributed by atoms with Crippen LogP contribution in [0.4, 0.5) is 5.69 Å². The number of hydrogen-bond acceptors (Lipinski definition) is 8. The first kappa shape index (κ1) is 37.6. The molecule has 1 N–H and O–H groups in total. The lowest BCUT2D eigenvalue weighted by atomic mass is 10.1. The van der Waals surface area contributed by atoms with Crippen molar-refractivity contribution < 1.29 is 37.0 Å². The summed E-state index contributed by atoms with van der Waals surface area (Å²) in [6, 6.07) is 12.6. The van der Waals surface area contributed by atoms with Crippen LogP contribution < -0.4 is 28.6 Å². The van der Waals surface area contributed by atoms with Crippen LogP contribution in [0.25, 0.3) is 0 Å². The average Bonchev–Trinajstić information content (AvgIpc) is 3.03. The Bertz CT molecular complexity index is 1680. The zero-order valence-corrected chi connectivity index (χ0v) is 30.0. The number of nitrogens with one attached hydrogen (secondary N) is 1. The van der Waals surface area contributed by atoms with Gasteiger partial charge in [0, 0.05) is 39.8 Å². The molecular formula is C33H41Cl2N3O8S. The number of nitrogens with zero attached hydrogens (tertiary/aromatic N) is 2. The highest BCUT2D eigenvalue weighted by Crippen LogP contribution is 2.38. The first-order chi connectivity index (χ1) is 22.1. The van der Waals surface area contributed by atoms with Crippen molar-refractivity contribution >= 4 is 50.7 Å². The molecule has 11 nitrogen and oxygen atoms in total. The van der Waals surface area contributed by atoms with Crippen molar-refractivity contribution in [2.45, 2.75) is 57.1 Å². The Hall–Kier alpha value is -3.87. The van der Waals surface area contributed by atoms with Gasteiger partial charge in [-0.15, -0.1) is 0 Å². The first-order valence-electron chi connectivity index (χ1n) is 14.6. The van der Waals surface area contributed by atoms with Gasteiger partial charge in [-0.05, 0) is 63.6 Å². The molecule has 0 aliphatic rings. The molecule has 1 atom stereocenters. The predicted octanol–water partition coefficient (Wildman–Crippen LogP) is 5.95. The van der Waals surface area contributed by atoms with Gasteiger partial charge in [0.25, 0.3) is 10.0 Å². The molecule has 0 fully saturated rings. The number of rotatable bonds is 14. The van der Waals surface area contributed by atoms with Crippen molar-refractivity contribution in [3.63, 3.8) is 0 Å². The van der Waals surface area contributed by atoms with Crippen molar-refractivity contribution in [3.8, 4) is 23.0 Å².